The van der Waals surface area contributed by atoms with Crippen LogP contribution in [-0.2, 0) is 9.47 Å². The number of amidine groups is 1. The third kappa shape index (κ3) is 2.40. The number of morpholine rings is 1. The minimum absolute atomic E-state index is 0.0574. The first-order valence-corrected chi connectivity index (χ1v) is 8.98. The zero-order chi connectivity index (χ0) is 19.9. The van der Waals surface area contributed by atoms with Crippen LogP contribution in [0.25, 0.3) is 5.57 Å². The van der Waals surface area contributed by atoms with Gasteiger partial charge in [-0.1, -0.05) is 12.1 Å². The van der Waals surface area contributed by atoms with Crippen molar-refractivity contribution in [3.63, 3.8) is 0 Å². The Morgan fingerprint density at radius 1 is 1.29 bits per heavy atom. The fourth-order valence-corrected chi connectivity index (χ4v) is 4.07. The first kappa shape index (κ1) is 18.1. The van der Waals surface area contributed by atoms with Crippen molar-refractivity contribution in [3.8, 4) is 11.8 Å². The Hall–Kier alpha value is -3.31. The Balaban J connectivity index is 1.92. The molecule has 0 bridgehead atoms. The van der Waals surface area contributed by atoms with E-state index in [2.05, 4.69) is 11.1 Å². The molecule has 3 aliphatic heterocycles. The van der Waals surface area contributed by atoms with Crippen molar-refractivity contribution in [2.24, 2.45) is 16.1 Å². The summed E-state index contributed by atoms with van der Waals surface area (Å²) in [4.78, 5) is 6.56. The van der Waals surface area contributed by atoms with Crippen LogP contribution in [-0.4, -0.2) is 50.0 Å². The molecule has 1 aromatic carbocycles. The molecule has 3 N–H and O–H groups in total. The molecular weight excluding hydrogens is 358 g/mol. The van der Waals surface area contributed by atoms with Crippen LogP contribution in [0.15, 0.2) is 46.4 Å². The highest BCUT2D eigenvalue weighted by atomic mass is 16.5. The molecule has 0 aliphatic carbocycles. The van der Waals surface area contributed by atoms with Gasteiger partial charge in [0.2, 0.25) is 5.90 Å². The molecule has 1 fully saturated rings. The van der Waals surface area contributed by atoms with Crippen LogP contribution in [0.1, 0.15) is 12.5 Å². The summed E-state index contributed by atoms with van der Waals surface area (Å²) in [5.41, 5.74) is 6.67. The minimum Gasteiger partial charge on any atom is -0.497 e. The van der Waals surface area contributed by atoms with E-state index in [1.165, 1.54) is 0 Å². The number of methoxy groups -OCH3 is 1. The summed E-state index contributed by atoms with van der Waals surface area (Å²) < 4.78 is 16.5. The molecule has 1 saturated heterocycles. The van der Waals surface area contributed by atoms with E-state index in [0.717, 1.165) is 5.56 Å². The van der Waals surface area contributed by atoms with E-state index in [1.807, 2.05) is 29.2 Å². The van der Waals surface area contributed by atoms with Gasteiger partial charge in [0.1, 0.15) is 29.2 Å². The molecular formula is C20H21N5O3. The predicted octanol–water partition coefficient (Wildman–Crippen LogP) is 1.86. The van der Waals surface area contributed by atoms with Crippen LogP contribution >= 0.6 is 0 Å². The number of aliphatic imine (C=N–C) groups is 1. The molecule has 1 spiro atoms. The lowest BCUT2D eigenvalue weighted by Gasteiger charge is -2.37. The van der Waals surface area contributed by atoms with Crippen molar-refractivity contribution < 1.29 is 14.2 Å². The second kappa shape index (κ2) is 6.69. The molecule has 0 saturated carbocycles. The number of hydrogen-bond acceptors (Lipinski definition) is 8. The zero-order valence-electron chi connectivity index (χ0n) is 15.8. The van der Waals surface area contributed by atoms with Crippen molar-refractivity contribution in [1.82, 2.24) is 4.90 Å². The second-order valence-corrected chi connectivity index (χ2v) is 6.75. The molecule has 8 nitrogen and oxygen atoms in total. The largest absolute Gasteiger partial charge is 0.497 e. The van der Waals surface area contributed by atoms with Gasteiger partial charge in [0.25, 0.3) is 0 Å². The van der Waals surface area contributed by atoms with Gasteiger partial charge in [-0.25, -0.2) is 4.99 Å². The molecule has 8 heteroatoms. The van der Waals surface area contributed by atoms with Crippen LogP contribution in [0.3, 0.4) is 0 Å². The lowest BCUT2D eigenvalue weighted by atomic mass is 9.71. The molecule has 1 aromatic rings. The summed E-state index contributed by atoms with van der Waals surface area (Å²) >= 11 is 0. The lowest BCUT2D eigenvalue weighted by Crippen LogP contribution is -2.50. The fraction of sp³-hybridized carbons (Fsp3) is 0.350. The van der Waals surface area contributed by atoms with E-state index in [-0.39, 0.29) is 17.3 Å². The van der Waals surface area contributed by atoms with Gasteiger partial charge in [0.05, 0.1) is 25.9 Å². The standard InChI is InChI=1S/C20H21N5O3/c1-12-16(13-3-5-14(26-2)6-4-13)20(18(23)28-12)15(11-21)17(22)24-19(20)25-7-9-27-10-8-25/h3-6,23H,7-10,22H2,1-2H3. The van der Waals surface area contributed by atoms with Crippen molar-refractivity contribution in [2.45, 2.75) is 6.92 Å². The molecule has 0 radical (unpaired) electrons. The maximum absolute atomic E-state index is 9.93. The van der Waals surface area contributed by atoms with Gasteiger partial charge >= 0.3 is 0 Å². The van der Waals surface area contributed by atoms with Gasteiger partial charge in [-0.2, -0.15) is 5.26 Å². The van der Waals surface area contributed by atoms with Crippen LogP contribution in [0.5, 0.6) is 5.75 Å². The molecule has 1 unspecified atom stereocenters. The van der Waals surface area contributed by atoms with Crippen LogP contribution < -0.4 is 10.5 Å². The highest BCUT2D eigenvalue weighted by molar-refractivity contribution is 6.24. The van der Waals surface area contributed by atoms with E-state index in [1.54, 1.807) is 14.0 Å². The summed E-state index contributed by atoms with van der Waals surface area (Å²) in [6.07, 6.45) is 0. The average molecular weight is 379 g/mol. The first-order valence-electron chi connectivity index (χ1n) is 8.98. The maximum Gasteiger partial charge on any atom is 0.210 e. The minimum atomic E-state index is -1.24. The first-order chi connectivity index (χ1) is 13.5. The summed E-state index contributed by atoms with van der Waals surface area (Å²) in [7, 11) is 1.60. The highest BCUT2D eigenvalue weighted by Gasteiger charge is 2.60. The molecule has 3 heterocycles. The van der Waals surface area contributed by atoms with E-state index in [4.69, 9.17) is 25.4 Å². The predicted molar refractivity (Wildman–Crippen MR) is 103 cm³/mol. The van der Waals surface area contributed by atoms with Crippen molar-refractivity contribution in [2.75, 3.05) is 33.4 Å². The van der Waals surface area contributed by atoms with Gasteiger partial charge in [0.15, 0.2) is 5.41 Å². The molecule has 0 aromatic heterocycles. The fourth-order valence-electron chi connectivity index (χ4n) is 4.07. The molecule has 144 valence electrons. The number of ether oxygens (including phenoxy) is 3. The highest BCUT2D eigenvalue weighted by Crippen LogP contribution is 2.54. The number of nitrogens with zero attached hydrogens (tertiary/aromatic N) is 3. The van der Waals surface area contributed by atoms with E-state index in [0.29, 0.717) is 49.2 Å². The second-order valence-electron chi connectivity index (χ2n) is 6.75. The van der Waals surface area contributed by atoms with E-state index < -0.39 is 5.41 Å². The summed E-state index contributed by atoms with van der Waals surface area (Å²) in [6.45, 7) is 4.10. The van der Waals surface area contributed by atoms with Gasteiger partial charge in [-0.3, -0.25) is 5.41 Å². The molecule has 1 atom stereocenters. The normalized spacial score (nSPS) is 24.5. The average Bonchev–Trinajstić information content (AvgIpc) is 3.15. The van der Waals surface area contributed by atoms with Crippen LogP contribution in [0.2, 0.25) is 0 Å². The number of nitrogens with one attached hydrogen (secondary N) is 1. The molecule has 3 aliphatic rings. The van der Waals surface area contributed by atoms with E-state index >= 15 is 0 Å². The number of hydrogen-bond donors (Lipinski definition) is 2. The van der Waals surface area contributed by atoms with Crippen molar-refractivity contribution >= 4 is 17.3 Å². The third-order valence-corrected chi connectivity index (χ3v) is 5.32. The number of rotatable bonds is 2. The number of benzene rings is 1. The number of nitriles is 1. The van der Waals surface area contributed by atoms with Gasteiger partial charge < -0.3 is 24.8 Å². The SMILES string of the molecule is COc1ccc(C2=C(C)OC(=N)C23C(N2CCOCC2)=NC(N)=C3C#N)cc1. The monoisotopic (exact) mass is 379 g/mol. The Morgan fingerprint density at radius 2 is 1.96 bits per heavy atom. The Morgan fingerprint density at radius 3 is 2.57 bits per heavy atom. The van der Waals surface area contributed by atoms with Gasteiger partial charge in [0, 0.05) is 18.7 Å². The van der Waals surface area contributed by atoms with E-state index in [9.17, 15) is 5.26 Å². The third-order valence-electron chi connectivity index (χ3n) is 5.32. The van der Waals surface area contributed by atoms with Crippen molar-refractivity contribution in [1.29, 1.82) is 10.7 Å². The quantitative estimate of drug-likeness (QED) is 0.810. The van der Waals surface area contributed by atoms with Crippen LogP contribution in [0.4, 0.5) is 0 Å². The summed E-state index contributed by atoms with van der Waals surface area (Å²) in [5, 5.41) is 18.6. The Bertz CT molecular complexity index is 965. The van der Waals surface area contributed by atoms with Crippen molar-refractivity contribution in [3.05, 3.63) is 47.0 Å². The molecule has 28 heavy (non-hydrogen) atoms. The zero-order valence-corrected chi connectivity index (χ0v) is 15.8. The van der Waals surface area contributed by atoms with Gasteiger partial charge in [-0.05, 0) is 24.6 Å². The number of allylic oxidation sites excluding steroid dienone is 1. The van der Waals surface area contributed by atoms with Gasteiger partial charge in [-0.15, -0.1) is 0 Å². The van der Waals surface area contributed by atoms with Crippen LogP contribution in [0, 0.1) is 22.2 Å². The number of nitrogens with two attached hydrogens (primary N) is 1. The Kier molecular flexibility index (Phi) is 4.32. The topological polar surface area (TPSA) is 117 Å². The molecule has 4 rings (SSSR count). The molecule has 0 amide bonds. The lowest BCUT2D eigenvalue weighted by molar-refractivity contribution is 0.0663. The maximum atomic E-state index is 9.93. The smallest absolute Gasteiger partial charge is 0.210 e. The Labute approximate surface area is 163 Å². The summed E-state index contributed by atoms with van der Waals surface area (Å²) in [5.74, 6) is 1.89. The summed E-state index contributed by atoms with van der Waals surface area (Å²) in [6, 6.07) is 9.65.